The number of methoxy groups -OCH3 is 2. The zero-order valence-corrected chi connectivity index (χ0v) is 16.9. The van der Waals surface area contributed by atoms with Crippen LogP contribution in [-0.2, 0) is 6.42 Å². The van der Waals surface area contributed by atoms with E-state index in [1.807, 2.05) is 60.7 Å². The quantitative estimate of drug-likeness (QED) is 0.361. The van der Waals surface area contributed by atoms with Gasteiger partial charge in [-0.05, 0) is 41.5 Å². The van der Waals surface area contributed by atoms with E-state index >= 15 is 0 Å². The molecule has 4 rings (SSSR count). The maximum absolute atomic E-state index is 5.35. The molecule has 4 aromatic rings. The molecule has 150 valence electrons. The third-order valence-corrected chi connectivity index (χ3v) is 4.65. The Morgan fingerprint density at radius 1 is 0.833 bits per heavy atom. The van der Waals surface area contributed by atoms with Crippen molar-refractivity contribution >= 4 is 23.1 Å². The summed E-state index contributed by atoms with van der Waals surface area (Å²) >= 11 is 0. The molecule has 1 aromatic heterocycles. The first-order valence-corrected chi connectivity index (χ1v) is 9.57. The van der Waals surface area contributed by atoms with E-state index in [1.54, 1.807) is 20.4 Å². The summed E-state index contributed by atoms with van der Waals surface area (Å²) < 4.78 is 10.6. The highest BCUT2D eigenvalue weighted by Crippen LogP contribution is 2.27. The van der Waals surface area contributed by atoms with Crippen molar-refractivity contribution in [2.75, 3.05) is 19.6 Å². The summed E-state index contributed by atoms with van der Waals surface area (Å²) in [5, 5.41) is 4.38. The minimum absolute atomic E-state index is 0.634. The number of hydrogen-bond donors (Lipinski definition) is 1. The Labute approximate surface area is 175 Å². The molecule has 0 aliphatic rings. The predicted molar refractivity (Wildman–Crippen MR) is 120 cm³/mol. The average Bonchev–Trinajstić information content (AvgIpc) is 2.80. The molecule has 0 atom stereocenters. The second-order valence-corrected chi connectivity index (χ2v) is 6.65. The van der Waals surface area contributed by atoms with Crippen LogP contribution in [0.15, 0.2) is 77.9 Å². The molecule has 0 saturated carbocycles. The minimum Gasteiger partial charge on any atom is -0.493 e. The van der Waals surface area contributed by atoms with E-state index in [1.165, 1.54) is 0 Å². The lowest BCUT2D eigenvalue weighted by molar-refractivity contribution is 0.355. The molecule has 0 radical (unpaired) electrons. The van der Waals surface area contributed by atoms with Crippen molar-refractivity contribution in [1.82, 2.24) is 9.97 Å². The number of fused-ring (bicyclic) bond motifs is 1. The lowest BCUT2D eigenvalue weighted by Gasteiger charge is -2.10. The molecule has 0 aliphatic carbocycles. The van der Waals surface area contributed by atoms with Crippen LogP contribution in [0.5, 0.6) is 11.5 Å². The molecular weight excluding hydrogens is 376 g/mol. The molecule has 30 heavy (non-hydrogen) atoms. The maximum Gasteiger partial charge on any atom is 0.169 e. The summed E-state index contributed by atoms with van der Waals surface area (Å²) in [4.78, 5) is 9.54. The van der Waals surface area contributed by atoms with Crippen LogP contribution < -0.4 is 14.9 Å². The number of para-hydroxylation sites is 2. The summed E-state index contributed by atoms with van der Waals surface area (Å²) in [6.07, 6.45) is 2.37. The van der Waals surface area contributed by atoms with Gasteiger partial charge in [0, 0.05) is 6.42 Å². The normalized spacial score (nSPS) is 11.0. The number of aromatic nitrogens is 2. The smallest absolute Gasteiger partial charge is 0.169 e. The third-order valence-electron chi connectivity index (χ3n) is 4.65. The Balaban J connectivity index is 1.62. The number of ether oxygens (including phenoxy) is 2. The molecule has 0 unspecified atom stereocenters. The molecule has 0 aliphatic heterocycles. The van der Waals surface area contributed by atoms with Gasteiger partial charge in [-0.3, -0.25) is 5.43 Å². The van der Waals surface area contributed by atoms with Crippen molar-refractivity contribution in [2.45, 2.75) is 6.42 Å². The summed E-state index contributed by atoms with van der Waals surface area (Å²) in [5.74, 6) is 1.96. The van der Waals surface area contributed by atoms with E-state index in [-0.39, 0.29) is 0 Å². The van der Waals surface area contributed by atoms with Crippen molar-refractivity contribution < 1.29 is 9.47 Å². The highest BCUT2D eigenvalue weighted by atomic mass is 16.5. The van der Waals surface area contributed by atoms with Crippen molar-refractivity contribution in [1.29, 1.82) is 0 Å². The summed E-state index contributed by atoms with van der Waals surface area (Å²) in [7, 11) is 3.22. The van der Waals surface area contributed by atoms with Gasteiger partial charge >= 0.3 is 0 Å². The van der Waals surface area contributed by atoms with E-state index in [0.717, 1.165) is 27.9 Å². The topological polar surface area (TPSA) is 68.6 Å². The van der Waals surface area contributed by atoms with Gasteiger partial charge in [0.25, 0.3) is 0 Å². The van der Waals surface area contributed by atoms with Gasteiger partial charge in [-0.1, -0.05) is 42.5 Å². The Morgan fingerprint density at radius 3 is 2.27 bits per heavy atom. The molecule has 0 fully saturated rings. The van der Waals surface area contributed by atoms with Gasteiger partial charge in [0.2, 0.25) is 0 Å². The second kappa shape index (κ2) is 9.05. The summed E-state index contributed by atoms with van der Waals surface area (Å²) in [6.45, 7) is 0. The van der Waals surface area contributed by atoms with Gasteiger partial charge in [-0.2, -0.15) is 5.10 Å². The van der Waals surface area contributed by atoms with E-state index < -0.39 is 0 Å². The number of hydrazone groups is 1. The predicted octanol–water partition coefficient (Wildman–Crippen LogP) is 4.68. The van der Waals surface area contributed by atoms with Crippen molar-refractivity contribution in [3.05, 3.63) is 89.6 Å². The Hall–Kier alpha value is -3.93. The van der Waals surface area contributed by atoms with Crippen molar-refractivity contribution in [3.8, 4) is 11.5 Å². The number of nitrogens with zero attached hydrogens (tertiary/aromatic N) is 3. The number of nitrogens with one attached hydrogen (secondary N) is 1. The highest BCUT2D eigenvalue weighted by molar-refractivity contribution is 5.82. The number of rotatable bonds is 7. The SMILES string of the molecule is COc1ccc(/C=N\Nc2nc3ccccc3nc2Cc2ccccc2)cc1OC. The fourth-order valence-electron chi connectivity index (χ4n) is 3.14. The minimum atomic E-state index is 0.634. The lowest BCUT2D eigenvalue weighted by atomic mass is 10.1. The Kier molecular flexibility index (Phi) is 5.85. The fraction of sp³-hybridized carbons (Fsp3) is 0.125. The van der Waals surface area contributed by atoms with Crippen LogP contribution in [-0.4, -0.2) is 30.4 Å². The first-order chi connectivity index (χ1) is 14.8. The molecule has 1 heterocycles. The van der Waals surface area contributed by atoms with Crippen LogP contribution in [0.3, 0.4) is 0 Å². The molecular formula is C24H22N4O2. The van der Waals surface area contributed by atoms with E-state index in [4.69, 9.17) is 19.4 Å². The largest absolute Gasteiger partial charge is 0.493 e. The van der Waals surface area contributed by atoms with Crippen LogP contribution in [0.25, 0.3) is 11.0 Å². The summed E-state index contributed by atoms with van der Waals surface area (Å²) in [6, 6.07) is 23.6. The Bertz CT molecular complexity index is 1180. The van der Waals surface area contributed by atoms with Crippen LogP contribution in [0, 0.1) is 0 Å². The van der Waals surface area contributed by atoms with Gasteiger partial charge in [-0.25, -0.2) is 9.97 Å². The lowest BCUT2D eigenvalue weighted by Crippen LogP contribution is -2.04. The zero-order chi connectivity index (χ0) is 20.8. The van der Waals surface area contributed by atoms with E-state index in [0.29, 0.717) is 23.7 Å². The monoisotopic (exact) mass is 398 g/mol. The molecule has 1 N–H and O–H groups in total. The van der Waals surface area contributed by atoms with Gasteiger partial charge in [0.05, 0.1) is 37.2 Å². The third kappa shape index (κ3) is 4.38. The molecule has 0 amide bonds. The molecule has 6 heteroatoms. The Morgan fingerprint density at radius 2 is 1.53 bits per heavy atom. The first kappa shape index (κ1) is 19.4. The zero-order valence-electron chi connectivity index (χ0n) is 16.9. The van der Waals surface area contributed by atoms with Gasteiger partial charge in [-0.15, -0.1) is 0 Å². The highest BCUT2D eigenvalue weighted by Gasteiger charge is 2.09. The van der Waals surface area contributed by atoms with Crippen LogP contribution in [0.1, 0.15) is 16.8 Å². The van der Waals surface area contributed by atoms with Crippen LogP contribution in [0.4, 0.5) is 5.82 Å². The van der Waals surface area contributed by atoms with Crippen molar-refractivity contribution in [3.63, 3.8) is 0 Å². The second-order valence-electron chi connectivity index (χ2n) is 6.65. The number of anilines is 1. The molecule has 3 aromatic carbocycles. The average molecular weight is 398 g/mol. The first-order valence-electron chi connectivity index (χ1n) is 9.57. The van der Waals surface area contributed by atoms with Gasteiger partial charge < -0.3 is 9.47 Å². The standard InChI is InChI=1S/C24H22N4O2/c1-29-22-13-12-18(15-23(22)30-2)16-25-28-24-21(14-17-8-4-3-5-9-17)26-19-10-6-7-11-20(19)27-24/h3-13,15-16H,14H2,1-2H3,(H,27,28)/b25-16-. The molecule has 0 saturated heterocycles. The molecule has 6 nitrogen and oxygen atoms in total. The molecule has 0 bridgehead atoms. The number of hydrogen-bond acceptors (Lipinski definition) is 6. The number of benzene rings is 3. The van der Waals surface area contributed by atoms with E-state index in [2.05, 4.69) is 22.7 Å². The maximum atomic E-state index is 5.35. The summed E-state index contributed by atoms with van der Waals surface area (Å²) in [5.41, 5.74) is 7.61. The fourth-order valence-corrected chi connectivity index (χ4v) is 3.14. The van der Waals surface area contributed by atoms with Crippen LogP contribution in [0.2, 0.25) is 0 Å². The van der Waals surface area contributed by atoms with Gasteiger partial charge in [0.15, 0.2) is 17.3 Å². The molecule has 0 spiro atoms. The van der Waals surface area contributed by atoms with Crippen LogP contribution >= 0.6 is 0 Å². The van der Waals surface area contributed by atoms with Crippen molar-refractivity contribution in [2.24, 2.45) is 5.10 Å². The van der Waals surface area contributed by atoms with E-state index in [9.17, 15) is 0 Å². The van der Waals surface area contributed by atoms with Gasteiger partial charge in [0.1, 0.15) is 0 Å².